The third kappa shape index (κ3) is 3.61. The first kappa shape index (κ1) is 15.9. The highest BCUT2D eigenvalue weighted by atomic mass is 79.9. The summed E-state index contributed by atoms with van der Waals surface area (Å²) in [5, 5.41) is 0. The van der Waals surface area contributed by atoms with Crippen molar-refractivity contribution in [2.45, 2.75) is 19.1 Å². The van der Waals surface area contributed by atoms with E-state index < -0.39 is 17.8 Å². The normalized spacial score (nSPS) is 13.2. The van der Waals surface area contributed by atoms with Gasteiger partial charge in [0.05, 0.1) is 11.6 Å². The highest BCUT2D eigenvalue weighted by Crippen LogP contribution is 2.36. The Morgan fingerprint density at radius 3 is 2.57 bits per heavy atom. The number of aryl methyl sites for hydroxylation is 1. The van der Waals surface area contributed by atoms with Crippen LogP contribution in [0.1, 0.15) is 28.3 Å². The van der Waals surface area contributed by atoms with Gasteiger partial charge in [-0.25, -0.2) is 5.43 Å². The zero-order valence-corrected chi connectivity index (χ0v) is 12.7. The molecule has 2 rings (SSSR count). The topological polar surface area (TPSA) is 50.9 Å². The number of aromatic nitrogens is 1. The van der Waals surface area contributed by atoms with Gasteiger partial charge >= 0.3 is 6.18 Å². The molecule has 0 amide bonds. The van der Waals surface area contributed by atoms with Crippen molar-refractivity contribution in [2.75, 3.05) is 0 Å². The van der Waals surface area contributed by atoms with Crippen molar-refractivity contribution < 1.29 is 13.2 Å². The molecule has 0 bridgehead atoms. The lowest BCUT2D eigenvalue weighted by Crippen LogP contribution is -2.30. The van der Waals surface area contributed by atoms with Gasteiger partial charge in [-0.1, -0.05) is 22.0 Å². The van der Waals surface area contributed by atoms with Crippen LogP contribution in [0.15, 0.2) is 41.1 Å². The molecular formula is C14H13BrF3N3. The van der Waals surface area contributed by atoms with Gasteiger partial charge in [0.15, 0.2) is 0 Å². The smallest absolute Gasteiger partial charge is 0.271 e. The van der Waals surface area contributed by atoms with Crippen molar-refractivity contribution in [2.24, 2.45) is 5.84 Å². The molecule has 3 nitrogen and oxygen atoms in total. The Labute approximate surface area is 128 Å². The number of nitrogens with one attached hydrogen (secondary N) is 1. The third-order valence-corrected chi connectivity index (χ3v) is 3.49. The summed E-state index contributed by atoms with van der Waals surface area (Å²) in [6, 6.07) is 5.52. The lowest BCUT2D eigenvalue weighted by Gasteiger charge is -2.21. The van der Waals surface area contributed by atoms with E-state index in [4.69, 9.17) is 5.84 Å². The predicted octanol–water partition coefficient (Wildman–Crippen LogP) is 3.72. The predicted molar refractivity (Wildman–Crippen MR) is 77.3 cm³/mol. The van der Waals surface area contributed by atoms with Gasteiger partial charge < -0.3 is 0 Å². The molecule has 3 N–H and O–H groups in total. The Hall–Kier alpha value is -1.44. The van der Waals surface area contributed by atoms with Crippen molar-refractivity contribution in [3.05, 3.63) is 63.4 Å². The van der Waals surface area contributed by atoms with E-state index in [1.54, 1.807) is 12.1 Å². The number of nitrogens with zero attached hydrogens (tertiary/aromatic N) is 1. The number of nitrogens with two attached hydrogens (primary N) is 1. The first-order valence-corrected chi connectivity index (χ1v) is 6.86. The van der Waals surface area contributed by atoms with Crippen LogP contribution in [-0.4, -0.2) is 4.98 Å². The molecule has 0 fully saturated rings. The lowest BCUT2D eigenvalue weighted by atomic mass is 9.95. The van der Waals surface area contributed by atoms with Crippen LogP contribution in [0.25, 0.3) is 0 Å². The molecule has 0 saturated heterocycles. The van der Waals surface area contributed by atoms with Gasteiger partial charge in [0.25, 0.3) is 0 Å². The largest absolute Gasteiger partial charge is 0.416 e. The Kier molecular flexibility index (Phi) is 4.65. The Morgan fingerprint density at radius 1 is 1.29 bits per heavy atom. The number of benzene rings is 1. The molecule has 0 radical (unpaired) electrons. The molecule has 1 aromatic carbocycles. The molecule has 1 aromatic heterocycles. The average Bonchev–Trinajstić information content (AvgIpc) is 2.38. The zero-order chi connectivity index (χ0) is 15.6. The summed E-state index contributed by atoms with van der Waals surface area (Å²) in [4.78, 5) is 3.79. The molecule has 0 aliphatic carbocycles. The van der Waals surface area contributed by atoms with E-state index in [9.17, 15) is 13.2 Å². The van der Waals surface area contributed by atoms with Gasteiger partial charge in [0.2, 0.25) is 0 Å². The molecule has 1 heterocycles. The van der Waals surface area contributed by atoms with E-state index in [0.29, 0.717) is 5.56 Å². The Bertz CT molecular complexity index is 623. The van der Waals surface area contributed by atoms with Crippen molar-refractivity contribution in [3.63, 3.8) is 0 Å². The van der Waals surface area contributed by atoms with Crippen molar-refractivity contribution >= 4 is 15.9 Å². The zero-order valence-electron chi connectivity index (χ0n) is 11.1. The van der Waals surface area contributed by atoms with Crippen LogP contribution in [0.4, 0.5) is 13.2 Å². The summed E-state index contributed by atoms with van der Waals surface area (Å²) in [6.07, 6.45) is -2.16. The summed E-state index contributed by atoms with van der Waals surface area (Å²) in [6.45, 7) is 1.86. The van der Waals surface area contributed by atoms with Crippen molar-refractivity contribution in [1.29, 1.82) is 0 Å². The van der Waals surface area contributed by atoms with Crippen molar-refractivity contribution in [1.82, 2.24) is 10.4 Å². The number of rotatable bonds is 3. The van der Waals surface area contributed by atoms with Gasteiger partial charge in [0.1, 0.15) is 0 Å². The highest BCUT2D eigenvalue weighted by Gasteiger charge is 2.35. The molecule has 7 heteroatoms. The van der Waals surface area contributed by atoms with E-state index in [0.717, 1.165) is 22.3 Å². The van der Waals surface area contributed by atoms with E-state index in [1.165, 1.54) is 6.20 Å². The average molecular weight is 360 g/mol. The number of hydrogen-bond donors (Lipinski definition) is 2. The van der Waals surface area contributed by atoms with E-state index in [1.807, 2.05) is 13.0 Å². The molecule has 1 atom stereocenters. The maximum Gasteiger partial charge on any atom is 0.416 e. The van der Waals surface area contributed by atoms with Crippen LogP contribution in [0.5, 0.6) is 0 Å². The van der Waals surface area contributed by atoms with Gasteiger partial charge in [0, 0.05) is 22.4 Å². The number of pyridine rings is 1. The van der Waals surface area contributed by atoms with Crippen LogP contribution in [0.2, 0.25) is 0 Å². The minimum Gasteiger partial charge on any atom is -0.271 e. The summed E-state index contributed by atoms with van der Waals surface area (Å²) >= 11 is 3.33. The highest BCUT2D eigenvalue weighted by molar-refractivity contribution is 9.10. The molecule has 1 unspecified atom stereocenters. The fourth-order valence-electron chi connectivity index (χ4n) is 2.19. The van der Waals surface area contributed by atoms with Gasteiger partial charge in [-0.3, -0.25) is 10.8 Å². The molecule has 21 heavy (non-hydrogen) atoms. The summed E-state index contributed by atoms with van der Waals surface area (Å²) in [5.41, 5.74) is 3.22. The lowest BCUT2D eigenvalue weighted by molar-refractivity contribution is -0.138. The molecular weight excluding hydrogens is 347 g/mol. The standard InChI is InChI=1S/C14H13BrF3N3/c1-8-4-9(6-10(15)5-8)13(21-19)11-7-20-3-2-12(11)14(16,17)18/h2-7,13,21H,19H2,1H3. The van der Waals surface area contributed by atoms with Crippen LogP contribution in [-0.2, 0) is 6.18 Å². The minimum absolute atomic E-state index is 0.00926. The second-order valence-corrected chi connectivity index (χ2v) is 5.54. The SMILES string of the molecule is Cc1cc(Br)cc(C(NN)c2cnccc2C(F)(F)F)c1. The monoisotopic (exact) mass is 359 g/mol. The van der Waals surface area contributed by atoms with Gasteiger partial charge in [-0.05, 0) is 36.2 Å². The molecule has 112 valence electrons. The fourth-order valence-corrected chi connectivity index (χ4v) is 2.82. The molecule has 0 aliphatic rings. The molecule has 0 aliphatic heterocycles. The summed E-state index contributed by atoms with van der Waals surface area (Å²) < 4.78 is 40.1. The van der Waals surface area contributed by atoms with E-state index in [-0.39, 0.29) is 5.56 Å². The number of alkyl halides is 3. The second kappa shape index (κ2) is 6.13. The first-order chi connectivity index (χ1) is 9.82. The molecule has 2 aromatic rings. The van der Waals surface area contributed by atoms with Crippen LogP contribution in [0.3, 0.4) is 0 Å². The minimum atomic E-state index is -4.46. The van der Waals surface area contributed by atoms with Crippen LogP contribution in [0, 0.1) is 6.92 Å². The van der Waals surface area contributed by atoms with Crippen LogP contribution >= 0.6 is 15.9 Å². The van der Waals surface area contributed by atoms with Crippen molar-refractivity contribution in [3.8, 4) is 0 Å². The van der Waals surface area contributed by atoms with E-state index in [2.05, 4.69) is 26.3 Å². The fraction of sp³-hybridized carbons (Fsp3) is 0.214. The quantitative estimate of drug-likeness (QED) is 0.648. The molecule has 0 saturated carbocycles. The van der Waals surface area contributed by atoms with Gasteiger partial charge in [-0.15, -0.1) is 0 Å². The number of halogens is 4. The Morgan fingerprint density at radius 2 is 2.00 bits per heavy atom. The Balaban J connectivity index is 2.57. The number of hydrogen-bond acceptors (Lipinski definition) is 3. The summed E-state index contributed by atoms with van der Waals surface area (Å²) in [7, 11) is 0. The maximum absolute atomic E-state index is 13.1. The first-order valence-electron chi connectivity index (χ1n) is 6.07. The summed E-state index contributed by atoms with van der Waals surface area (Å²) in [5.74, 6) is 5.49. The third-order valence-electron chi connectivity index (χ3n) is 3.03. The van der Waals surface area contributed by atoms with Crippen LogP contribution < -0.4 is 11.3 Å². The number of hydrazine groups is 1. The maximum atomic E-state index is 13.1. The van der Waals surface area contributed by atoms with Gasteiger partial charge in [-0.2, -0.15) is 13.2 Å². The van der Waals surface area contributed by atoms with E-state index >= 15 is 0 Å². The second-order valence-electron chi connectivity index (χ2n) is 4.62. The molecule has 0 spiro atoms.